The average Bonchev–Trinajstić information content (AvgIpc) is 2.73. The van der Waals surface area contributed by atoms with Gasteiger partial charge in [-0.1, -0.05) is 23.7 Å². The van der Waals surface area contributed by atoms with Crippen LogP contribution in [-0.4, -0.2) is 38.8 Å². The third-order valence-electron chi connectivity index (χ3n) is 4.34. The van der Waals surface area contributed by atoms with E-state index < -0.39 is 12.5 Å². The summed E-state index contributed by atoms with van der Waals surface area (Å²) in [4.78, 5) is 14.8. The van der Waals surface area contributed by atoms with Gasteiger partial charge in [0.2, 0.25) is 0 Å². The van der Waals surface area contributed by atoms with E-state index in [-0.39, 0.29) is 11.3 Å². The molecule has 1 aliphatic rings. The molecule has 156 valence electrons. The van der Waals surface area contributed by atoms with E-state index >= 15 is 0 Å². The molecular formula is C21H18ClF2N3O3. The Morgan fingerprint density at radius 2 is 1.93 bits per heavy atom. The Morgan fingerprint density at radius 1 is 1.23 bits per heavy atom. The number of hydrogen-bond donors (Lipinski definition) is 1. The number of morpholine rings is 1. The van der Waals surface area contributed by atoms with Crippen LogP contribution in [-0.2, 0) is 9.53 Å². The molecule has 0 saturated carbocycles. The summed E-state index contributed by atoms with van der Waals surface area (Å²) in [5, 5.41) is 12.6. The SMILES string of the molecule is N#C/C(=C\c1ccc(OC(F)F)cc1)C(=O)Nc1cc(Cl)ccc1N1CCOCC1. The van der Waals surface area contributed by atoms with Gasteiger partial charge in [-0.15, -0.1) is 0 Å². The Balaban J connectivity index is 1.79. The Morgan fingerprint density at radius 3 is 2.57 bits per heavy atom. The van der Waals surface area contributed by atoms with Crippen molar-refractivity contribution in [3.63, 3.8) is 0 Å². The van der Waals surface area contributed by atoms with Crippen LogP contribution in [0.3, 0.4) is 0 Å². The van der Waals surface area contributed by atoms with Gasteiger partial charge in [-0.2, -0.15) is 14.0 Å². The van der Waals surface area contributed by atoms with E-state index in [1.54, 1.807) is 18.2 Å². The van der Waals surface area contributed by atoms with Crippen molar-refractivity contribution in [2.75, 3.05) is 36.5 Å². The van der Waals surface area contributed by atoms with Gasteiger partial charge in [-0.3, -0.25) is 4.79 Å². The van der Waals surface area contributed by atoms with Crippen molar-refractivity contribution < 1.29 is 23.0 Å². The second-order valence-corrected chi connectivity index (χ2v) is 6.77. The van der Waals surface area contributed by atoms with Crippen LogP contribution in [0.15, 0.2) is 48.0 Å². The highest BCUT2D eigenvalue weighted by atomic mass is 35.5. The van der Waals surface area contributed by atoms with E-state index in [1.807, 2.05) is 6.07 Å². The highest BCUT2D eigenvalue weighted by molar-refractivity contribution is 6.31. The predicted octanol–water partition coefficient (Wildman–Crippen LogP) is 4.32. The van der Waals surface area contributed by atoms with Crippen molar-refractivity contribution in [1.29, 1.82) is 5.26 Å². The molecule has 1 heterocycles. The van der Waals surface area contributed by atoms with Gasteiger partial charge in [0, 0.05) is 18.1 Å². The third kappa shape index (κ3) is 5.69. The summed E-state index contributed by atoms with van der Waals surface area (Å²) >= 11 is 6.09. The molecule has 1 saturated heterocycles. The molecule has 0 atom stereocenters. The highest BCUT2D eigenvalue weighted by Gasteiger charge is 2.18. The van der Waals surface area contributed by atoms with Gasteiger partial charge in [0.15, 0.2) is 0 Å². The molecule has 0 unspecified atom stereocenters. The van der Waals surface area contributed by atoms with Gasteiger partial charge in [-0.25, -0.2) is 0 Å². The van der Waals surface area contributed by atoms with Gasteiger partial charge in [0.05, 0.1) is 24.6 Å². The molecule has 0 bridgehead atoms. The maximum atomic E-state index is 12.7. The number of benzene rings is 2. The number of alkyl halides is 2. The zero-order valence-electron chi connectivity index (χ0n) is 15.8. The number of nitriles is 1. The topological polar surface area (TPSA) is 74.6 Å². The van der Waals surface area contributed by atoms with Gasteiger partial charge in [-0.05, 0) is 42.0 Å². The van der Waals surface area contributed by atoms with Crippen molar-refractivity contribution in [3.8, 4) is 11.8 Å². The van der Waals surface area contributed by atoms with Crippen molar-refractivity contribution in [3.05, 3.63) is 58.6 Å². The fourth-order valence-electron chi connectivity index (χ4n) is 2.94. The molecule has 2 aromatic carbocycles. The number of hydrogen-bond acceptors (Lipinski definition) is 5. The van der Waals surface area contributed by atoms with Crippen molar-refractivity contribution in [1.82, 2.24) is 0 Å². The second kappa shape index (κ2) is 10.1. The standard InChI is InChI=1S/C21H18ClF2N3O3/c22-16-3-6-19(27-7-9-29-10-8-27)18(12-16)26-20(28)15(13-25)11-14-1-4-17(5-2-14)30-21(23)24/h1-6,11-12,21H,7-10H2,(H,26,28)/b15-11+. The number of ether oxygens (including phenoxy) is 2. The van der Waals surface area contributed by atoms with E-state index in [0.717, 1.165) is 5.69 Å². The van der Waals surface area contributed by atoms with Gasteiger partial charge >= 0.3 is 6.61 Å². The minimum Gasteiger partial charge on any atom is -0.435 e. The van der Waals surface area contributed by atoms with Crippen LogP contribution in [0.5, 0.6) is 5.75 Å². The first kappa shape index (κ1) is 21.6. The predicted molar refractivity (Wildman–Crippen MR) is 110 cm³/mol. The molecule has 0 spiro atoms. The summed E-state index contributed by atoms with van der Waals surface area (Å²) < 4.78 is 34.1. The number of carbonyl (C=O) groups excluding carboxylic acids is 1. The first-order valence-electron chi connectivity index (χ1n) is 9.06. The largest absolute Gasteiger partial charge is 0.435 e. The van der Waals surface area contributed by atoms with Crippen LogP contribution in [0.25, 0.3) is 6.08 Å². The minimum atomic E-state index is -2.93. The van der Waals surface area contributed by atoms with Gasteiger partial charge in [0.25, 0.3) is 5.91 Å². The fourth-order valence-corrected chi connectivity index (χ4v) is 3.11. The normalized spacial score (nSPS) is 14.4. The Bertz CT molecular complexity index is 968. The molecule has 0 radical (unpaired) electrons. The number of halogens is 3. The lowest BCUT2D eigenvalue weighted by molar-refractivity contribution is -0.112. The zero-order chi connectivity index (χ0) is 21.5. The van der Waals surface area contributed by atoms with E-state index in [0.29, 0.717) is 42.6 Å². The van der Waals surface area contributed by atoms with Crippen molar-refractivity contribution in [2.45, 2.75) is 6.61 Å². The van der Waals surface area contributed by atoms with E-state index in [1.165, 1.54) is 30.3 Å². The third-order valence-corrected chi connectivity index (χ3v) is 4.58. The molecule has 2 aromatic rings. The number of nitrogens with zero attached hydrogens (tertiary/aromatic N) is 2. The summed E-state index contributed by atoms with van der Waals surface area (Å²) in [6.45, 7) is -0.447. The maximum absolute atomic E-state index is 12.7. The average molecular weight is 434 g/mol. The lowest BCUT2D eigenvalue weighted by Crippen LogP contribution is -2.36. The second-order valence-electron chi connectivity index (χ2n) is 6.33. The van der Waals surface area contributed by atoms with Crippen LogP contribution in [0.1, 0.15) is 5.56 Å². The number of nitrogens with one attached hydrogen (secondary N) is 1. The quantitative estimate of drug-likeness (QED) is 0.542. The summed E-state index contributed by atoms with van der Waals surface area (Å²) in [6, 6.07) is 12.6. The molecule has 0 aliphatic carbocycles. The van der Waals surface area contributed by atoms with E-state index in [4.69, 9.17) is 16.3 Å². The van der Waals surface area contributed by atoms with Crippen LogP contribution >= 0.6 is 11.6 Å². The Kier molecular flexibility index (Phi) is 7.22. The van der Waals surface area contributed by atoms with Crippen LogP contribution in [0, 0.1) is 11.3 Å². The van der Waals surface area contributed by atoms with E-state index in [9.17, 15) is 18.8 Å². The van der Waals surface area contributed by atoms with Crippen LogP contribution < -0.4 is 15.0 Å². The van der Waals surface area contributed by atoms with Gasteiger partial charge in [0.1, 0.15) is 17.4 Å². The lowest BCUT2D eigenvalue weighted by atomic mass is 10.1. The monoisotopic (exact) mass is 433 g/mol. The first-order chi connectivity index (χ1) is 14.5. The summed E-state index contributed by atoms with van der Waals surface area (Å²) in [7, 11) is 0. The molecule has 30 heavy (non-hydrogen) atoms. The molecule has 1 fully saturated rings. The lowest BCUT2D eigenvalue weighted by Gasteiger charge is -2.30. The Labute approximate surface area is 177 Å². The molecule has 3 rings (SSSR count). The smallest absolute Gasteiger partial charge is 0.387 e. The minimum absolute atomic E-state index is 0.0146. The first-order valence-corrected chi connectivity index (χ1v) is 9.44. The number of anilines is 2. The number of rotatable bonds is 6. The molecule has 1 amide bonds. The molecule has 9 heteroatoms. The van der Waals surface area contributed by atoms with E-state index in [2.05, 4.69) is 15.0 Å². The highest BCUT2D eigenvalue weighted by Crippen LogP contribution is 2.30. The van der Waals surface area contributed by atoms with Crippen molar-refractivity contribution >= 4 is 35.0 Å². The summed E-state index contributed by atoms with van der Waals surface area (Å²) in [5.74, 6) is -0.624. The maximum Gasteiger partial charge on any atom is 0.387 e. The van der Waals surface area contributed by atoms with Gasteiger partial charge < -0.3 is 19.7 Å². The molecule has 0 aromatic heterocycles. The summed E-state index contributed by atoms with van der Waals surface area (Å²) in [5.41, 5.74) is 1.60. The zero-order valence-corrected chi connectivity index (χ0v) is 16.5. The Hall–Kier alpha value is -3.15. The molecule has 6 nitrogen and oxygen atoms in total. The number of amides is 1. The fraction of sp³-hybridized carbons (Fsp3) is 0.238. The number of carbonyl (C=O) groups is 1. The summed E-state index contributed by atoms with van der Waals surface area (Å²) in [6.07, 6.45) is 1.36. The van der Waals surface area contributed by atoms with Crippen LogP contribution in [0.2, 0.25) is 5.02 Å². The van der Waals surface area contributed by atoms with Crippen LogP contribution in [0.4, 0.5) is 20.2 Å². The molecular weight excluding hydrogens is 416 g/mol. The molecule has 1 N–H and O–H groups in total. The molecule has 1 aliphatic heterocycles. The van der Waals surface area contributed by atoms with Crippen molar-refractivity contribution in [2.24, 2.45) is 0 Å².